The van der Waals surface area contributed by atoms with Gasteiger partial charge in [0, 0.05) is 29.6 Å². The van der Waals surface area contributed by atoms with E-state index in [1.165, 1.54) is 0 Å². The Kier molecular flexibility index (Phi) is 11.9. The van der Waals surface area contributed by atoms with Crippen LogP contribution in [-0.2, 0) is 22.4 Å². The molecule has 3 amide bonds. The Hall–Kier alpha value is -3.60. The van der Waals surface area contributed by atoms with Crippen molar-refractivity contribution >= 4 is 40.3 Å². The zero-order valence-corrected chi connectivity index (χ0v) is 23.2. The van der Waals surface area contributed by atoms with E-state index >= 15 is 0 Å². The number of aryl methyl sites for hydroxylation is 1. The van der Waals surface area contributed by atoms with Crippen molar-refractivity contribution in [2.45, 2.75) is 25.7 Å². The lowest BCUT2D eigenvalue weighted by Gasteiger charge is -2.12. The van der Waals surface area contributed by atoms with Crippen molar-refractivity contribution in [2.24, 2.45) is 0 Å². The number of hydrogen-bond donors (Lipinski definition) is 4. The molecule has 3 aromatic rings. The van der Waals surface area contributed by atoms with Crippen LogP contribution in [-0.4, -0.2) is 49.1 Å². The first-order chi connectivity index (χ1) is 18.4. The summed E-state index contributed by atoms with van der Waals surface area (Å²) in [6.07, 6.45) is 1.99. The lowest BCUT2D eigenvalue weighted by molar-refractivity contribution is -0.123. The summed E-state index contributed by atoms with van der Waals surface area (Å²) in [4.78, 5) is 36.7. The molecule has 9 heteroatoms. The van der Waals surface area contributed by atoms with E-state index in [4.69, 9.17) is 4.74 Å². The fraction of sp³-hybridized carbons (Fsp3) is 0.276. The highest BCUT2D eigenvalue weighted by molar-refractivity contribution is 14.1. The minimum atomic E-state index is -0.244. The number of phenols is 1. The van der Waals surface area contributed by atoms with Gasteiger partial charge in [0.2, 0.25) is 5.91 Å². The largest absolute Gasteiger partial charge is 0.508 e. The predicted molar refractivity (Wildman–Crippen MR) is 154 cm³/mol. The first-order valence-electron chi connectivity index (χ1n) is 12.5. The molecule has 38 heavy (non-hydrogen) atoms. The van der Waals surface area contributed by atoms with Crippen molar-refractivity contribution in [2.75, 3.05) is 26.2 Å². The molecule has 0 saturated carbocycles. The summed E-state index contributed by atoms with van der Waals surface area (Å²) < 4.78 is 6.60. The van der Waals surface area contributed by atoms with E-state index in [2.05, 4.69) is 38.5 Å². The number of hydrogen-bond acceptors (Lipinski definition) is 5. The normalized spacial score (nSPS) is 10.4. The van der Waals surface area contributed by atoms with E-state index < -0.39 is 0 Å². The number of carbonyl (C=O) groups excluding carboxylic acids is 3. The summed E-state index contributed by atoms with van der Waals surface area (Å²) in [6.45, 7) is 1.24. The Morgan fingerprint density at radius 1 is 0.789 bits per heavy atom. The van der Waals surface area contributed by atoms with Gasteiger partial charge < -0.3 is 25.8 Å². The molecule has 0 bridgehead atoms. The van der Waals surface area contributed by atoms with Crippen LogP contribution in [0.15, 0.2) is 72.8 Å². The maximum Gasteiger partial charge on any atom is 0.257 e. The highest BCUT2D eigenvalue weighted by atomic mass is 127. The zero-order chi connectivity index (χ0) is 27.2. The molecular weight excluding hydrogens is 597 g/mol. The maximum atomic E-state index is 12.3. The third kappa shape index (κ3) is 10.0. The molecule has 0 saturated heterocycles. The fourth-order valence-electron chi connectivity index (χ4n) is 3.70. The van der Waals surface area contributed by atoms with E-state index in [9.17, 15) is 19.5 Å². The highest BCUT2D eigenvalue weighted by Crippen LogP contribution is 2.19. The van der Waals surface area contributed by atoms with Crippen LogP contribution in [0.4, 0.5) is 0 Å². The van der Waals surface area contributed by atoms with Crippen molar-refractivity contribution < 1.29 is 24.2 Å². The quantitative estimate of drug-likeness (QED) is 0.161. The number of benzene rings is 3. The van der Waals surface area contributed by atoms with Crippen LogP contribution in [0.5, 0.6) is 11.5 Å². The number of ether oxygens (including phenoxy) is 1. The Morgan fingerprint density at radius 2 is 1.53 bits per heavy atom. The molecule has 8 nitrogen and oxygen atoms in total. The maximum absolute atomic E-state index is 12.3. The Morgan fingerprint density at radius 3 is 2.34 bits per heavy atom. The van der Waals surface area contributed by atoms with Crippen molar-refractivity contribution in [3.63, 3.8) is 0 Å². The summed E-state index contributed by atoms with van der Waals surface area (Å²) in [5.41, 5.74) is 2.42. The summed E-state index contributed by atoms with van der Waals surface area (Å²) >= 11 is 2.13. The smallest absolute Gasteiger partial charge is 0.257 e. The van der Waals surface area contributed by atoms with Gasteiger partial charge in [0.1, 0.15) is 11.5 Å². The molecule has 200 valence electrons. The molecule has 3 rings (SSSR count). The van der Waals surface area contributed by atoms with Crippen molar-refractivity contribution in [3.05, 3.63) is 93.1 Å². The third-order valence-electron chi connectivity index (χ3n) is 5.68. The van der Waals surface area contributed by atoms with Gasteiger partial charge in [-0.25, -0.2) is 0 Å². The number of rotatable bonds is 14. The molecule has 0 spiro atoms. The SMILES string of the molecule is O=C(CCc1ccccc1OCC(=O)NCCc1cccc(O)c1)NCCCNC(=O)c1ccccc1I. The van der Waals surface area contributed by atoms with Crippen LogP contribution >= 0.6 is 22.6 Å². The van der Waals surface area contributed by atoms with E-state index in [-0.39, 0.29) is 36.5 Å². The van der Waals surface area contributed by atoms with Crippen LogP contribution in [0.25, 0.3) is 0 Å². The molecule has 0 atom stereocenters. The Balaban J connectivity index is 1.32. The number of nitrogens with one attached hydrogen (secondary N) is 3. The molecule has 3 aromatic carbocycles. The van der Waals surface area contributed by atoms with Gasteiger partial charge in [0.15, 0.2) is 6.61 Å². The molecule has 0 aromatic heterocycles. The van der Waals surface area contributed by atoms with E-state index in [0.29, 0.717) is 50.2 Å². The van der Waals surface area contributed by atoms with Gasteiger partial charge in [-0.15, -0.1) is 0 Å². The van der Waals surface area contributed by atoms with Gasteiger partial charge >= 0.3 is 0 Å². The zero-order valence-electron chi connectivity index (χ0n) is 21.0. The Bertz CT molecular complexity index is 1230. The van der Waals surface area contributed by atoms with Crippen LogP contribution < -0.4 is 20.7 Å². The minimum Gasteiger partial charge on any atom is -0.508 e. The van der Waals surface area contributed by atoms with Gasteiger partial charge in [-0.2, -0.15) is 0 Å². The summed E-state index contributed by atoms with van der Waals surface area (Å²) in [5.74, 6) is 0.314. The van der Waals surface area contributed by atoms with Crippen LogP contribution in [0, 0.1) is 3.57 Å². The molecule has 0 fully saturated rings. The molecule has 4 N–H and O–H groups in total. The standard InChI is InChI=1S/C29H32IN3O5/c30-25-11-3-2-10-24(25)29(37)33-17-6-16-31-27(35)14-13-22-8-1-4-12-26(22)38-20-28(36)32-18-15-21-7-5-9-23(34)19-21/h1-5,7-12,19,34H,6,13-18,20H2,(H,31,35)(H,32,36)(H,33,37). The second-order valence-electron chi connectivity index (χ2n) is 8.61. The highest BCUT2D eigenvalue weighted by Gasteiger charge is 2.10. The van der Waals surface area contributed by atoms with Gasteiger partial charge in [0.05, 0.1) is 5.56 Å². The predicted octanol–water partition coefficient (Wildman–Crippen LogP) is 3.60. The van der Waals surface area contributed by atoms with Crippen LogP contribution in [0.1, 0.15) is 34.3 Å². The number of halogens is 1. The molecule has 0 radical (unpaired) electrons. The molecular formula is C29H32IN3O5. The average Bonchev–Trinajstić information content (AvgIpc) is 2.91. The molecule has 0 unspecified atom stereocenters. The number of amides is 3. The summed E-state index contributed by atoms with van der Waals surface area (Å²) in [7, 11) is 0. The third-order valence-corrected chi connectivity index (χ3v) is 6.62. The number of phenolic OH excluding ortho intramolecular Hbond substituents is 1. The van der Waals surface area contributed by atoms with E-state index in [1.807, 2.05) is 42.5 Å². The van der Waals surface area contributed by atoms with Crippen molar-refractivity contribution in [1.29, 1.82) is 0 Å². The lowest BCUT2D eigenvalue weighted by atomic mass is 10.1. The summed E-state index contributed by atoms with van der Waals surface area (Å²) in [6, 6.07) is 21.7. The number of carbonyl (C=O) groups is 3. The topological polar surface area (TPSA) is 117 Å². The molecule has 0 aliphatic heterocycles. The molecule has 0 aliphatic rings. The average molecular weight is 629 g/mol. The van der Waals surface area contributed by atoms with Crippen molar-refractivity contribution in [1.82, 2.24) is 16.0 Å². The number of aromatic hydroxyl groups is 1. The lowest BCUT2D eigenvalue weighted by Crippen LogP contribution is -2.31. The Labute approximate surface area is 236 Å². The van der Waals surface area contributed by atoms with Crippen LogP contribution in [0.3, 0.4) is 0 Å². The fourth-order valence-corrected chi connectivity index (χ4v) is 4.33. The van der Waals surface area contributed by atoms with Gasteiger partial charge in [-0.1, -0.05) is 42.5 Å². The molecule has 0 heterocycles. The second-order valence-corrected chi connectivity index (χ2v) is 9.77. The first kappa shape index (κ1) is 29.0. The summed E-state index contributed by atoms with van der Waals surface area (Å²) in [5, 5.41) is 18.1. The van der Waals surface area contributed by atoms with Gasteiger partial charge in [-0.05, 0) is 83.3 Å². The monoisotopic (exact) mass is 629 g/mol. The molecule has 0 aliphatic carbocycles. The minimum absolute atomic E-state index is 0.0894. The van der Waals surface area contributed by atoms with Gasteiger partial charge in [-0.3, -0.25) is 14.4 Å². The second kappa shape index (κ2) is 15.6. The van der Waals surface area contributed by atoms with Crippen molar-refractivity contribution in [3.8, 4) is 11.5 Å². The van der Waals surface area contributed by atoms with E-state index in [1.54, 1.807) is 30.3 Å². The number of para-hydroxylation sites is 1. The van der Waals surface area contributed by atoms with E-state index in [0.717, 1.165) is 14.7 Å². The van der Waals surface area contributed by atoms with Gasteiger partial charge in [0.25, 0.3) is 11.8 Å². The van der Waals surface area contributed by atoms with Crippen LogP contribution in [0.2, 0.25) is 0 Å². The first-order valence-corrected chi connectivity index (χ1v) is 13.5.